The summed E-state index contributed by atoms with van der Waals surface area (Å²) in [6.07, 6.45) is -0.884. The monoisotopic (exact) mass is 546 g/mol. The fourth-order valence-electron chi connectivity index (χ4n) is 3.92. The van der Waals surface area contributed by atoms with Gasteiger partial charge in [-0.25, -0.2) is 0 Å². The first-order valence-electron chi connectivity index (χ1n) is 12.4. The zero-order chi connectivity index (χ0) is 27.9. The van der Waals surface area contributed by atoms with Crippen molar-refractivity contribution in [1.29, 1.82) is 0 Å². The number of halogens is 3. The number of alkyl halides is 3. The van der Waals surface area contributed by atoms with E-state index in [1.54, 1.807) is 18.2 Å². The second kappa shape index (κ2) is 13.0. The average molecular weight is 547 g/mol. The van der Waals surface area contributed by atoms with E-state index in [1.807, 2.05) is 32.0 Å². The van der Waals surface area contributed by atoms with Crippen molar-refractivity contribution in [2.75, 3.05) is 27.2 Å². The molecule has 2 heterocycles. The van der Waals surface area contributed by atoms with Crippen LogP contribution < -0.4 is 10.6 Å². The molecular formula is C28H33F3N4O2S. The molecule has 2 amide bonds. The molecule has 0 aliphatic carbocycles. The number of amides is 2. The van der Waals surface area contributed by atoms with Gasteiger partial charge in [-0.05, 0) is 62.8 Å². The maximum absolute atomic E-state index is 13.1. The number of hydrogen-bond acceptors (Lipinski definition) is 5. The zero-order valence-corrected chi connectivity index (χ0v) is 22.8. The molecule has 0 bridgehead atoms. The van der Waals surface area contributed by atoms with E-state index in [0.29, 0.717) is 34.8 Å². The highest BCUT2D eigenvalue weighted by Gasteiger charge is 2.30. The first-order valence-corrected chi connectivity index (χ1v) is 13.2. The minimum atomic E-state index is -4.44. The standard InChI is InChI=1S/C28H33F3N4O2S/c1-5-7-20-16-25(38-18(20)2)27(37)34-24(26(36)32-12-13-35(3)4)14-19-10-11-23(33-17-19)21-8-6-9-22(15-21)28(29,30)31/h6,8-11,15-17,24H,5,7,12-14H2,1-4H3,(H,32,36)(H,34,37)/t24-/m1/s1. The Hall–Kier alpha value is -3.24. The Kier molecular flexibility index (Phi) is 10.0. The summed E-state index contributed by atoms with van der Waals surface area (Å²) in [7, 11) is 3.80. The first-order chi connectivity index (χ1) is 18.0. The molecule has 0 spiro atoms. The molecule has 38 heavy (non-hydrogen) atoms. The Morgan fingerprint density at radius 3 is 2.53 bits per heavy atom. The van der Waals surface area contributed by atoms with Crippen LogP contribution in [0.5, 0.6) is 0 Å². The zero-order valence-electron chi connectivity index (χ0n) is 22.0. The van der Waals surface area contributed by atoms with Crippen molar-refractivity contribution < 1.29 is 22.8 Å². The molecule has 10 heteroatoms. The summed E-state index contributed by atoms with van der Waals surface area (Å²) in [4.78, 5) is 34.0. The highest BCUT2D eigenvalue weighted by Crippen LogP contribution is 2.31. The molecule has 0 unspecified atom stereocenters. The number of hydrogen-bond donors (Lipinski definition) is 2. The lowest BCUT2D eigenvalue weighted by molar-refractivity contribution is -0.137. The van der Waals surface area contributed by atoms with Gasteiger partial charge < -0.3 is 15.5 Å². The Morgan fingerprint density at radius 2 is 1.89 bits per heavy atom. The molecule has 2 aromatic heterocycles. The second-order valence-electron chi connectivity index (χ2n) is 9.40. The van der Waals surface area contributed by atoms with Crippen molar-refractivity contribution in [1.82, 2.24) is 20.5 Å². The Morgan fingerprint density at radius 1 is 1.13 bits per heavy atom. The molecular weight excluding hydrogens is 513 g/mol. The summed E-state index contributed by atoms with van der Waals surface area (Å²) >= 11 is 1.40. The van der Waals surface area contributed by atoms with Crippen LogP contribution in [0.15, 0.2) is 48.7 Å². The van der Waals surface area contributed by atoms with Gasteiger partial charge in [0.25, 0.3) is 5.91 Å². The van der Waals surface area contributed by atoms with Gasteiger partial charge in [-0.3, -0.25) is 14.6 Å². The third-order valence-electron chi connectivity index (χ3n) is 5.99. The predicted octanol–water partition coefficient (Wildman–Crippen LogP) is 5.11. The summed E-state index contributed by atoms with van der Waals surface area (Å²) in [5.41, 5.74) is 1.78. The maximum Gasteiger partial charge on any atom is 0.416 e. The third kappa shape index (κ3) is 8.13. The highest BCUT2D eigenvalue weighted by molar-refractivity contribution is 7.14. The number of pyridine rings is 1. The predicted molar refractivity (Wildman–Crippen MR) is 144 cm³/mol. The number of rotatable bonds is 11. The molecule has 1 atom stereocenters. The van der Waals surface area contributed by atoms with Gasteiger partial charge in [0.05, 0.1) is 16.1 Å². The molecule has 3 aromatic rings. The SMILES string of the molecule is CCCc1cc(C(=O)N[C@H](Cc2ccc(-c3cccc(C(F)(F)F)c3)nc2)C(=O)NCCN(C)C)sc1C. The fourth-order valence-corrected chi connectivity index (χ4v) is 4.90. The van der Waals surface area contributed by atoms with Crippen LogP contribution in [-0.2, 0) is 23.8 Å². The summed E-state index contributed by atoms with van der Waals surface area (Å²) in [5, 5.41) is 5.73. The topological polar surface area (TPSA) is 74.3 Å². The van der Waals surface area contributed by atoms with E-state index in [0.717, 1.165) is 35.4 Å². The molecule has 0 saturated carbocycles. The molecule has 6 nitrogen and oxygen atoms in total. The van der Waals surface area contributed by atoms with Crippen molar-refractivity contribution >= 4 is 23.2 Å². The number of aromatic nitrogens is 1. The number of nitrogens with one attached hydrogen (secondary N) is 2. The number of thiophene rings is 1. The smallest absolute Gasteiger partial charge is 0.353 e. The molecule has 0 aliphatic rings. The van der Waals surface area contributed by atoms with Gasteiger partial charge in [-0.15, -0.1) is 11.3 Å². The largest absolute Gasteiger partial charge is 0.416 e. The van der Waals surface area contributed by atoms with Gasteiger partial charge in [0.1, 0.15) is 6.04 Å². The van der Waals surface area contributed by atoms with Gasteiger partial charge in [-0.1, -0.05) is 31.5 Å². The Bertz CT molecular complexity index is 1240. The maximum atomic E-state index is 13.1. The first kappa shape index (κ1) is 29.3. The fraction of sp³-hybridized carbons (Fsp3) is 0.393. The van der Waals surface area contributed by atoms with Crippen molar-refractivity contribution in [3.05, 3.63) is 75.1 Å². The van der Waals surface area contributed by atoms with E-state index < -0.39 is 17.8 Å². The van der Waals surface area contributed by atoms with Gasteiger partial charge in [-0.2, -0.15) is 13.2 Å². The molecule has 0 radical (unpaired) electrons. The van der Waals surface area contributed by atoms with Crippen LogP contribution >= 0.6 is 11.3 Å². The van der Waals surface area contributed by atoms with E-state index in [2.05, 4.69) is 22.5 Å². The van der Waals surface area contributed by atoms with Gasteiger partial charge in [0.15, 0.2) is 0 Å². The molecule has 1 aromatic carbocycles. The summed E-state index contributed by atoms with van der Waals surface area (Å²) in [6.45, 7) is 5.13. The van der Waals surface area contributed by atoms with Crippen LogP contribution in [0.3, 0.4) is 0 Å². The quantitative estimate of drug-likeness (QED) is 0.351. The molecule has 2 N–H and O–H groups in total. The Balaban J connectivity index is 1.78. The van der Waals surface area contributed by atoms with Crippen molar-refractivity contribution in [3.63, 3.8) is 0 Å². The van der Waals surface area contributed by atoms with Gasteiger partial charge in [0, 0.05) is 36.1 Å². The highest BCUT2D eigenvalue weighted by atomic mass is 32.1. The van der Waals surface area contributed by atoms with E-state index >= 15 is 0 Å². The van der Waals surface area contributed by atoms with Crippen molar-refractivity contribution in [3.8, 4) is 11.3 Å². The van der Waals surface area contributed by atoms with Crippen LogP contribution in [0.2, 0.25) is 0 Å². The van der Waals surface area contributed by atoms with Crippen LogP contribution in [0.1, 0.15) is 44.6 Å². The van der Waals surface area contributed by atoms with Crippen LogP contribution in [0.25, 0.3) is 11.3 Å². The van der Waals surface area contributed by atoms with E-state index in [1.165, 1.54) is 23.6 Å². The average Bonchev–Trinajstić information content (AvgIpc) is 3.24. The van der Waals surface area contributed by atoms with E-state index in [-0.39, 0.29) is 18.2 Å². The third-order valence-corrected chi connectivity index (χ3v) is 7.09. The summed E-state index contributed by atoms with van der Waals surface area (Å²) < 4.78 is 39.3. The second-order valence-corrected chi connectivity index (χ2v) is 10.7. The van der Waals surface area contributed by atoms with Gasteiger partial charge >= 0.3 is 6.18 Å². The lowest BCUT2D eigenvalue weighted by Gasteiger charge is -2.19. The molecule has 0 aliphatic heterocycles. The summed E-state index contributed by atoms with van der Waals surface area (Å²) in [6, 6.07) is 9.34. The van der Waals surface area contributed by atoms with Gasteiger partial charge in [0.2, 0.25) is 5.91 Å². The molecule has 0 fully saturated rings. The van der Waals surface area contributed by atoms with Crippen molar-refractivity contribution in [2.24, 2.45) is 0 Å². The lowest BCUT2D eigenvalue weighted by Crippen LogP contribution is -2.49. The van der Waals surface area contributed by atoms with E-state index in [9.17, 15) is 22.8 Å². The minimum absolute atomic E-state index is 0.182. The van der Waals surface area contributed by atoms with Crippen LogP contribution in [0.4, 0.5) is 13.2 Å². The number of benzene rings is 1. The number of aryl methyl sites for hydroxylation is 2. The molecule has 0 saturated heterocycles. The number of nitrogens with zero attached hydrogens (tertiary/aromatic N) is 2. The van der Waals surface area contributed by atoms with Crippen LogP contribution in [-0.4, -0.2) is 54.9 Å². The normalized spacial score (nSPS) is 12.4. The Labute approximate surface area is 225 Å². The molecule has 204 valence electrons. The number of carbonyl (C=O) groups is 2. The van der Waals surface area contributed by atoms with E-state index in [4.69, 9.17) is 0 Å². The van der Waals surface area contributed by atoms with Crippen molar-refractivity contribution in [2.45, 2.75) is 45.3 Å². The number of likely N-dealkylation sites (N-methyl/N-ethyl adjacent to an activating group) is 1. The summed E-state index contributed by atoms with van der Waals surface area (Å²) in [5.74, 6) is -0.633. The number of carbonyl (C=O) groups excluding carboxylic acids is 2. The van der Waals surface area contributed by atoms with Crippen LogP contribution in [0, 0.1) is 6.92 Å². The lowest BCUT2D eigenvalue weighted by atomic mass is 10.0. The minimum Gasteiger partial charge on any atom is -0.353 e. The molecule has 3 rings (SSSR count).